The average molecular weight is 673 g/mol. The van der Waals surface area contributed by atoms with Crippen molar-refractivity contribution in [1.82, 2.24) is 10.1 Å². The fourth-order valence-electron chi connectivity index (χ4n) is 9.79. The number of carbonyl (C=O) groups is 3. The van der Waals surface area contributed by atoms with Crippen molar-refractivity contribution >= 4 is 25.1 Å². The van der Waals surface area contributed by atoms with Gasteiger partial charge in [0.2, 0.25) is 19.0 Å². The summed E-state index contributed by atoms with van der Waals surface area (Å²) in [5, 5.41) is 24.2. The zero-order chi connectivity index (χ0) is 35.9. The number of piperidine rings is 3. The van der Waals surface area contributed by atoms with Gasteiger partial charge in [0.15, 0.2) is 0 Å². The Morgan fingerprint density at radius 2 is 0.717 bits per heavy atom. The monoisotopic (exact) mass is 672 g/mol. The van der Waals surface area contributed by atoms with Crippen molar-refractivity contribution in [3.8, 4) is 0 Å². The molecule has 13 heteroatoms. The topological polar surface area (TPSA) is 146 Å². The summed E-state index contributed by atoms with van der Waals surface area (Å²) < 4.78 is 19.3. The molecule has 0 amide bonds. The number of hydroxylamine groups is 4. The van der Waals surface area contributed by atoms with Gasteiger partial charge >= 0.3 is 17.1 Å². The van der Waals surface area contributed by atoms with Gasteiger partial charge in [0.1, 0.15) is 16.8 Å². The maximum Gasteiger partial charge on any atom is 0.350 e. The van der Waals surface area contributed by atoms with Crippen LogP contribution >= 0.6 is 7.92 Å². The molecule has 264 valence electrons. The summed E-state index contributed by atoms with van der Waals surface area (Å²) in [7, 11) is -2.96. The highest BCUT2D eigenvalue weighted by atomic mass is 31.1. The molecule has 2 N–H and O–H groups in total. The van der Waals surface area contributed by atoms with Crippen LogP contribution in [0, 0.1) is 4.91 Å². The molecule has 0 spiro atoms. The Morgan fingerprint density at radius 3 is 0.957 bits per heavy atom. The van der Waals surface area contributed by atoms with Gasteiger partial charge < -0.3 is 24.6 Å². The molecule has 46 heavy (non-hydrogen) atoms. The number of hydrogen-bond donors (Lipinski definition) is 2. The maximum absolute atomic E-state index is 14.1. The van der Waals surface area contributed by atoms with Crippen molar-refractivity contribution < 1.29 is 43.8 Å². The standard InChI is InChI=1S/C33H59N3O9P/c1-25(2)16-31(13,17-26(3,4)34(25)40)43-22(37)46(23(38)44-32(14)18-27(5,6)35(41)28(7,8)19-32)24(39)45-33(15)20-29(9,10)36(42)30(11,12)21-33/h40-41H,16-21H2,1-15H3/q+1. The zero-order valence-corrected chi connectivity index (χ0v) is 31.7. The third-order valence-electron chi connectivity index (χ3n) is 9.78. The molecule has 3 aliphatic heterocycles. The van der Waals surface area contributed by atoms with Gasteiger partial charge in [-0.3, -0.25) is 0 Å². The zero-order valence-electron chi connectivity index (χ0n) is 30.8. The second kappa shape index (κ2) is 11.4. The maximum atomic E-state index is 14.1. The molecule has 0 aromatic rings. The minimum absolute atomic E-state index is 0.185. The third kappa shape index (κ3) is 7.61. The SMILES string of the molecule is CC1(OC(=O)P(C(=O)OC2(C)CC(C)(C)N(O)C(C)(C)C2)C(=O)OC2(C)CC(C)(C)[N+](=O)C(C)(C)C2)CC(C)(C)N(O)C(C)(C)C1. The van der Waals surface area contributed by atoms with Crippen LogP contribution in [-0.4, -0.2) is 92.5 Å². The molecule has 3 rings (SSSR count). The third-order valence-corrected chi connectivity index (χ3v) is 11.2. The molecule has 12 nitrogen and oxygen atoms in total. The highest BCUT2D eigenvalue weighted by molar-refractivity contribution is 8.00. The van der Waals surface area contributed by atoms with Crippen LogP contribution in [0.5, 0.6) is 0 Å². The van der Waals surface area contributed by atoms with Crippen molar-refractivity contribution in [3.05, 3.63) is 4.91 Å². The molecule has 0 atom stereocenters. The van der Waals surface area contributed by atoms with Crippen LogP contribution in [0.2, 0.25) is 0 Å². The fourth-order valence-corrected chi connectivity index (χ4v) is 11.2. The average Bonchev–Trinajstić information content (AvgIpc) is 2.76. The molecule has 0 unspecified atom stereocenters. The van der Waals surface area contributed by atoms with Crippen LogP contribution in [0.1, 0.15) is 142 Å². The van der Waals surface area contributed by atoms with Crippen molar-refractivity contribution in [2.75, 3.05) is 0 Å². The van der Waals surface area contributed by atoms with Gasteiger partial charge in [0.25, 0.3) is 0 Å². The van der Waals surface area contributed by atoms with E-state index in [9.17, 15) is 29.7 Å². The second-order valence-corrected chi connectivity index (χ2v) is 20.4. The highest BCUT2D eigenvalue weighted by Crippen LogP contribution is 2.53. The van der Waals surface area contributed by atoms with Crippen molar-refractivity contribution in [1.29, 1.82) is 0 Å². The van der Waals surface area contributed by atoms with Crippen LogP contribution in [0.15, 0.2) is 0 Å². The van der Waals surface area contributed by atoms with E-state index in [0.29, 0.717) is 0 Å². The lowest BCUT2D eigenvalue weighted by atomic mass is 9.73. The molecule has 0 aliphatic carbocycles. The van der Waals surface area contributed by atoms with Crippen LogP contribution in [0.25, 0.3) is 0 Å². The van der Waals surface area contributed by atoms with E-state index in [-0.39, 0.29) is 38.5 Å². The van der Waals surface area contributed by atoms with Crippen LogP contribution in [0.3, 0.4) is 0 Å². The van der Waals surface area contributed by atoms with Crippen molar-refractivity contribution in [2.45, 2.75) is 192 Å². The lowest BCUT2D eigenvalue weighted by molar-refractivity contribution is -0.698. The smallest absolute Gasteiger partial charge is 0.350 e. The number of nitrogens with zero attached hydrogens (tertiary/aromatic N) is 3. The van der Waals surface area contributed by atoms with Gasteiger partial charge in [0, 0.05) is 85.2 Å². The summed E-state index contributed by atoms with van der Waals surface area (Å²) in [5.41, 5.74) is -11.4. The quantitative estimate of drug-likeness (QED) is 0.159. The lowest BCUT2D eigenvalue weighted by Gasteiger charge is -2.55. The molecule has 0 saturated carbocycles. The summed E-state index contributed by atoms with van der Waals surface area (Å²) in [6.45, 7) is 26.9. The predicted molar refractivity (Wildman–Crippen MR) is 175 cm³/mol. The molecule has 3 fully saturated rings. The molecular weight excluding hydrogens is 613 g/mol. The van der Waals surface area contributed by atoms with E-state index < -0.39 is 75.1 Å². The van der Waals surface area contributed by atoms with E-state index in [1.165, 1.54) is 10.1 Å². The molecule has 0 aromatic heterocycles. The van der Waals surface area contributed by atoms with E-state index in [1.807, 2.05) is 55.4 Å². The van der Waals surface area contributed by atoms with Gasteiger partial charge in [-0.25, -0.2) is 14.4 Å². The largest absolute Gasteiger partial charge is 0.455 e. The van der Waals surface area contributed by atoms with Gasteiger partial charge in [-0.05, 0) is 76.2 Å². The predicted octanol–water partition coefficient (Wildman–Crippen LogP) is 8.37. The van der Waals surface area contributed by atoms with E-state index in [1.54, 1.807) is 48.5 Å². The number of ether oxygens (including phenoxy) is 3. The summed E-state index contributed by atoms with van der Waals surface area (Å²) in [4.78, 5) is 55.4. The summed E-state index contributed by atoms with van der Waals surface area (Å²) >= 11 is 0. The first-order valence-corrected chi connectivity index (χ1v) is 17.5. The number of hydrogen-bond acceptors (Lipinski definition) is 11. The summed E-state index contributed by atoms with van der Waals surface area (Å²) in [6, 6.07) is 0. The Kier molecular flexibility index (Phi) is 9.62. The van der Waals surface area contributed by atoms with E-state index in [2.05, 4.69) is 0 Å². The normalized spacial score (nSPS) is 28.6. The Morgan fingerprint density at radius 1 is 0.500 bits per heavy atom. The lowest BCUT2D eigenvalue weighted by Crippen LogP contribution is -2.64. The van der Waals surface area contributed by atoms with Crippen LogP contribution < -0.4 is 0 Å². The van der Waals surface area contributed by atoms with Crippen LogP contribution in [0.4, 0.5) is 14.4 Å². The highest BCUT2D eigenvalue weighted by Gasteiger charge is 2.61. The van der Waals surface area contributed by atoms with Gasteiger partial charge in [0.05, 0.1) is 12.8 Å². The fraction of sp³-hybridized carbons (Fsp3) is 0.909. The first-order chi connectivity index (χ1) is 20.2. The van der Waals surface area contributed by atoms with E-state index >= 15 is 0 Å². The Bertz CT molecular complexity index is 1150. The van der Waals surface area contributed by atoms with Gasteiger partial charge in [-0.15, -0.1) is 0 Å². The second-order valence-electron chi connectivity index (χ2n) is 18.6. The van der Waals surface area contributed by atoms with E-state index in [0.717, 1.165) is 4.76 Å². The molecule has 3 aliphatic rings. The first kappa shape index (κ1) is 38.7. The Labute approximate surface area is 276 Å². The van der Waals surface area contributed by atoms with Crippen molar-refractivity contribution in [2.24, 2.45) is 0 Å². The number of nitroso groups, excluding NO2 is 1. The number of rotatable bonds is 6. The summed E-state index contributed by atoms with van der Waals surface area (Å²) in [5.74, 6) is 0. The van der Waals surface area contributed by atoms with Gasteiger partial charge in [-0.2, -0.15) is 10.1 Å². The Hall–Kier alpha value is -1.72. The molecule has 0 radical (unpaired) electrons. The first-order valence-electron chi connectivity index (χ1n) is 16.2. The minimum Gasteiger partial charge on any atom is -0.455 e. The minimum atomic E-state index is -2.96. The molecule has 0 aromatic carbocycles. The molecule has 0 bridgehead atoms. The van der Waals surface area contributed by atoms with Gasteiger partial charge in [-0.1, -0.05) is 0 Å². The molecule has 3 heterocycles. The Balaban J connectivity index is 2.00. The van der Waals surface area contributed by atoms with E-state index in [4.69, 9.17) is 14.2 Å². The van der Waals surface area contributed by atoms with Crippen LogP contribution in [-0.2, 0) is 14.2 Å². The van der Waals surface area contributed by atoms with Crippen molar-refractivity contribution in [3.63, 3.8) is 0 Å². The number of carbonyl (C=O) groups excluding carboxylic acids is 3. The molecule has 3 saturated heterocycles. The molecular formula is C33H59N3O9P+. The summed E-state index contributed by atoms with van der Waals surface area (Å²) in [6.07, 6.45) is 1.33.